The van der Waals surface area contributed by atoms with Crippen molar-refractivity contribution in [2.75, 3.05) is 0 Å². The first-order valence-electron chi connectivity index (χ1n) is 4.13. The van der Waals surface area contributed by atoms with Crippen molar-refractivity contribution < 1.29 is 4.92 Å². The van der Waals surface area contributed by atoms with Gasteiger partial charge in [-0.15, -0.1) is 0 Å². The number of nitro benzene ring substituents is 1. The Balaban J connectivity index is 3.19. The SMILES string of the molecule is Cc1cc([N+](=O)[O-])c(Cl)cc1CC(N)=S. The van der Waals surface area contributed by atoms with E-state index in [0.29, 0.717) is 11.4 Å². The standard InChI is InChI=1S/C9H9ClN2O2S/c1-5-2-8(12(13)14)7(10)3-6(5)4-9(11)15/h2-3H,4H2,1H3,(H2,11,15). The first-order valence-corrected chi connectivity index (χ1v) is 4.92. The van der Waals surface area contributed by atoms with Crippen molar-refractivity contribution in [3.8, 4) is 0 Å². The summed E-state index contributed by atoms with van der Waals surface area (Å²) in [5.41, 5.74) is 6.88. The maximum atomic E-state index is 10.6. The van der Waals surface area contributed by atoms with Crippen LogP contribution in [-0.4, -0.2) is 9.91 Å². The minimum Gasteiger partial charge on any atom is -0.393 e. The molecule has 0 amide bonds. The van der Waals surface area contributed by atoms with E-state index in [-0.39, 0.29) is 10.7 Å². The van der Waals surface area contributed by atoms with Crippen LogP contribution in [0.25, 0.3) is 0 Å². The lowest BCUT2D eigenvalue weighted by molar-refractivity contribution is -0.384. The molecule has 0 aromatic heterocycles. The van der Waals surface area contributed by atoms with Gasteiger partial charge in [-0.1, -0.05) is 23.8 Å². The van der Waals surface area contributed by atoms with Crippen LogP contribution in [0.15, 0.2) is 12.1 Å². The number of hydrogen-bond donors (Lipinski definition) is 1. The second-order valence-corrected chi connectivity index (χ2v) is 4.06. The Kier molecular flexibility index (Phi) is 3.60. The van der Waals surface area contributed by atoms with E-state index in [2.05, 4.69) is 0 Å². The highest BCUT2D eigenvalue weighted by atomic mass is 35.5. The van der Waals surface area contributed by atoms with Gasteiger partial charge in [-0.25, -0.2) is 0 Å². The van der Waals surface area contributed by atoms with E-state index >= 15 is 0 Å². The molecule has 1 aromatic carbocycles. The summed E-state index contributed by atoms with van der Waals surface area (Å²) in [5, 5.41) is 10.7. The Labute approximate surface area is 97.2 Å². The molecule has 1 aromatic rings. The maximum Gasteiger partial charge on any atom is 0.288 e. The lowest BCUT2D eigenvalue weighted by atomic mass is 10.1. The molecule has 80 valence electrons. The molecular formula is C9H9ClN2O2S. The van der Waals surface area contributed by atoms with Gasteiger partial charge in [-0.3, -0.25) is 10.1 Å². The van der Waals surface area contributed by atoms with Gasteiger partial charge in [0.15, 0.2) is 0 Å². The van der Waals surface area contributed by atoms with Crippen LogP contribution in [0.2, 0.25) is 5.02 Å². The number of benzene rings is 1. The molecule has 0 radical (unpaired) electrons. The smallest absolute Gasteiger partial charge is 0.288 e. The summed E-state index contributed by atoms with van der Waals surface area (Å²) >= 11 is 10.5. The highest BCUT2D eigenvalue weighted by molar-refractivity contribution is 7.80. The Morgan fingerprint density at radius 1 is 1.67 bits per heavy atom. The topological polar surface area (TPSA) is 69.2 Å². The minimum atomic E-state index is -0.514. The summed E-state index contributed by atoms with van der Waals surface area (Å²) in [6, 6.07) is 2.96. The van der Waals surface area contributed by atoms with Crippen LogP contribution in [-0.2, 0) is 6.42 Å². The molecular weight excluding hydrogens is 236 g/mol. The molecule has 0 fully saturated rings. The van der Waals surface area contributed by atoms with Crippen LogP contribution in [0.1, 0.15) is 11.1 Å². The zero-order valence-corrected chi connectivity index (χ0v) is 9.56. The van der Waals surface area contributed by atoms with E-state index in [0.717, 1.165) is 11.1 Å². The fourth-order valence-electron chi connectivity index (χ4n) is 1.23. The van der Waals surface area contributed by atoms with Crippen molar-refractivity contribution >= 4 is 34.5 Å². The van der Waals surface area contributed by atoms with E-state index in [1.54, 1.807) is 6.92 Å². The van der Waals surface area contributed by atoms with Crippen LogP contribution in [0.5, 0.6) is 0 Å². The number of nitrogens with two attached hydrogens (primary N) is 1. The van der Waals surface area contributed by atoms with E-state index in [4.69, 9.17) is 29.6 Å². The van der Waals surface area contributed by atoms with Crippen LogP contribution in [0.4, 0.5) is 5.69 Å². The molecule has 0 unspecified atom stereocenters. The summed E-state index contributed by atoms with van der Waals surface area (Å²) in [6.45, 7) is 1.76. The fraction of sp³-hybridized carbons (Fsp3) is 0.222. The molecule has 6 heteroatoms. The number of thiocarbonyl (C=S) groups is 1. The largest absolute Gasteiger partial charge is 0.393 e. The molecule has 0 saturated heterocycles. The zero-order valence-electron chi connectivity index (χ0n) is 7.99. The molecule has 2 N–H and O–H groups in total. The van der Waals surface area contributed by atoms with Crippen LogP contribution in [0.3, 0.4) is 0 Å². The second-order valence-electron chi connectivity index (χ2n) is 3.13. The lowest BCUT2D eigenvalue weighted by Crippen LogP contribution is -2.12. The maximum absolute atomic E-state index is 10.6. The fourth-order valence-corrected chi connectivity index (χ4v) is 1.64. The Bertz CT molecular complexity index is 434. The quantitative estimate of drug-likeness (QED) is 0.504. The number of nitrogens with zero attached hydrogens (tertiary/aromatic N) is 1. The molecule has 0 atom stereocenters. The van der Waals surface area contributed by atoms with Gasteiger partial charge in [-0.2, -0.15) is 0 Å². The first kappa shape index (κ1) is 11.9. The molecule has 0 aliphatic rings. The predicted octanol–water partition coefficient (Wildman–Crippen LogP) is 2.39. The normalized spacial score (nSPS) is 10.0. The van der Waals surface area contributed by atoms with Crippen molar-refractivity contribution in [2.45, 2.75) is 13.3 Å². The van der Waals surface area contributed by atoms with Gasteiger partial charge in [-0.05, 0) is 24.1 Å². The van der Waals surface area contributed by atoms with Gasteiger partial charge in [0, 0.05) is 12.5 Å². The summed E-state index contributed by atoms with van der Waals surface area (Å²) < 4.78 is 0. The second kappa shape index (κ2) is 4.55. The van der Waals surface area contributed by atoms with E-state index in [1.165, 1.54) is 12.1 Å². The molecule has 0 heterocycles. The van der Waals surface area contributed by atoms with E-state index in [9.17, 15) is 10.1 Å². The van der Waals surface area contributed by atoms with Crippen molar-refractivity contribution in [1.29, 1.82) is 0 Å². The molecule has 0 aliphatic carbocycles. The molecule has 15 heavy (non-hydrogen) atoms. The number of hydrogen-bond acceptors (Lipinski definition) is 3. The molecule has 0 bridgehead atoms. The van der Waals surface area contributed by atoms with Crippen LogP contribution < -0.4 is 5.73 Å². The van der Waals surface area contributed by atoms with Gasteiger partial charge in [0.05, 0.1) is 9.91 Å². The number of rotatable bonds is 3. The molecule has 4 nitrogen and oxygen atoms in total. The number of halogens is 1. The predicted molar refractivity (Wildman–Crippen MR) is 63.3 cm³/mol. The van der Waals surface area contributed by atoms with Gasteiger partial charge in [0.1, 0.15) is 5.02 Å². The van der Waals surface area contributed by atoms with Crippen molar-refractivity contribution in [1.82, 2.24) is 0 Å². The van der Waals surface area contributed by atoms with Gasteiger partial charge < -0.3 is 5.73 Å². The Morgan fingerprint density at radius 2 is 2.27 bits per heavy atom. The van der Waals surface area contributed by atoms with Crippen molar-refractivity contribution in [2.24, 2.45) is 5.73 Å². The Hall–Kier alpha value is -1.20. The van der Waals surface area contributed by atoms with Gasteiger partial charge in [0.2, 0.25) is 0 Å². The third-order valence-electron chi connectivity index (χ3n) is 1.97. The summed E-state index contributed by atoms with van der Waals surface area (Å²) in [6.07, 6.45) is 0.402. The molecule has 1 rings (SSSR count). The summed E-state index contributed by atoms with van der Waals surface area (Å²) in [7, 11) is 0. The highest BCUT2D eigenvalue weighted by Crippen LogP contribution is 2.27. The van der Waals surface area contributed by atoms with Gasteiger partial charge >= 0.3 is 0 Å². The monoisotopic (exact) mass is 244 g/mol. The number of aryl methyl sites for hydroxylation is 1. The summed E-state index contributed by atoms with van der Waals surface area (Å²) in [4.78, 5) is 10.4. The highest BCUT2D eigenvalue weighted by Gasteiger charge is 2.14. The number of nitro groups is 1. The third-order valence-corrected chi connectivity index (χ3v) is 2.41. The van der Waals surface area contributed by atoms with E-state index in [1.807, 2.05) is 0 Å². The van der Waals surface area contributed by atoms with Crippen molar-refractivity contribution in [3.05, 3.63) is 38.4 Å². The van der Waals surface area contributed by atoms with Crippen LogP contribution in [0, 0.1) is 17.0 Å². The lowest BCUT2D eigenvalue weighted by Gasteiger charge is -2.05. The third kappa shape index (κ3) is 2.87. The average Bonchev–Trinajstić information content (AvgIpc) is 2.09. The minimum absolute atomic E-state index is 0.0964. The van der Waals surface area contributed by atoms with Gasteiger partial charge in [0.25, 0.3) is 5.69 Å². The van der Waals surface area contributed by atoms with E-state index < -0.39 is 4.92 Å². The summed E-state index contributed by atoms with van der Waals surface area (Å²) in [5.74, 6) is 0. The molecule has 0 spiro atoms. The van der Waals surface area contributed by atoms with Crippen LogP contribution >= 0.6 is 23.8 Å². The average molecular weight is 245 g/mol. The first-order chi connectivity index (χ1) is 6.91. The molecule has 0 saturated carbocycles. The molecule has 0 aliphatic heterocycles. The Morgan fingerprint density at radius 3 is 2.73 bits per heavy atom. The zero-order chi connectivity index (χ0) is 11.6. The van der Waals surface area contributed by atoms with Crippen molar-refractivity contribution in [3.63, 3.8) is 0 Å².